The molecule has 0 aromatic heterocycles. The number of rotatable bonds is 3. The van der Waals surface area contributed by atoms with E-state index in [-0.39, 0.29) is 5.97 Å². The first kappa shape index (κ1) is 12.8. The molecule has 2 rings (SSSR count). The molecule has 2 aromatic carbocycles. The van der Waals surface area contributed by atoms with Crippen molar-refractivity contribution in [2.45, 2.75) is 6.92 Å². The van der Waals surface area contributed by atoms with Crippen LogP contribution in [0.1, 0.15) is 12.5 Å². The van der Waals surface area contributed by atoms with E-state index in [9.17, 15) is 10.0 Å². The molecule has 4 nitrogen and oxygen atoms in total. The summed E-state index contributed by atoms with van der Waals surface area (Å²) in [7, 11) is 0. The summed E-state index contributed by atoms with van der Waals surface area (Å²) in [5.41, 5.74) is 1.29. The molecule has 0 saturated carbocycles. The Morgan fingerprint density at radius 1 is 1.11 bits per heavy atom. The number of benzene rings is 2. The molecular formula is C15H13NO3. The van der Waals surface area contributed by atoms with Gasteiger partial charge in [0, 0.05) is 24.6 Å². The van der Waals surface area contributed by atoms with E-state index in [0.717, 1.165) is 10.3 Å². The topological polar surface area (TPSA) is 52.4 Å². The Morgan fingerprint density at radius 2 is 1.74 bits per heavy atom. The first-order valence-corrected chi connectivity index (χ1v) is 5.80. The summed E-state index contributed by atoms with van der Waals surface area (Å²) in [5.74, 6) is 0.0910. The van der Waals surface area contributed by atoms with E-state index in [1.165, 1.54) is 13.1 Å². The van der Waals surface area contributed by atoms with Crippen molar-refractivity contribution in [3.63, 3.8) is 0 Å². The van der Waals surface area contributed by atoms with E-state index in [1.807, 2.05) is 6.07 Å². The lowest BCUT2D eigenvalue weighted by atomic mass is 10.2. The minimum absolute atomic E-state index is 0.369. The Labute approximate surface area is 111 Å². The molecule has 0 aliphatic rings. The molecular weight excluding hydrogens is 242 g/mol. The summed E-state index contributed by atoms with van der Waals surface area (Å²) in [5, 5.41) is 11.9. The minimum Gasteiger partial charge on any atom is -0.618 e. The molecule has 0 bridgehead atoms. The van der Waals surface area contributed by atoms with Gasteiger partial charge in [0.1, 0.15) is 5.75 Å². The van der Waals surface area contributed by atoms with Crippen LogP contribution >= 0.6 is 0 Å². The quantitative estimate of drug-likeness (QED) is 0.212. The molecule has 0 heterocycles. The van der Waals surface area contributed by atoms with Crippen LogP contribution < -0.4 is 4.74 Å². The summed E-state index contributed by atoms with van der Waals surface area (Å²) in [6, 6.07) is 15.6. The van der Waals surface area contributed by atoms with Crippen LogP contribution in [0.5, 0.6) is 5.75 Å². The van der Waals surface area contributed by atoms with Gasteiger partial charge in [-0.15, -0.1) is 0 Å². The number of hydrogen-bond acceptors (Lipinski definition) is 3. The van der Waals surface area contributed by atoms with Crippen LogP contribution in [-0.2, 0) is 4.79 Å². The third-order valence-corrected chi connectivity index (χ3v) is 2.42. The lowest BCUT2D eigenvalue weighted by Gasteiger charge is -2.03. The maximum absolute atomic E-state index is 11.9. The molecule has 0 spiro atoms. The average molecular weight is 255 g/mol. The number of nitrogens with zero attached hydrogens (tertiary/aromatic N) is 1. The third kappa shape index (κ3) is 3.67. The molecule has 2 aromatic rings. The second kappa shape index (κ2) is 5.82. The normalized spacial score (nSPS) is 11.1. The lowest BCUT2D eigenvalue weighted by Crippen LogP contribution is -2.02. The summed E-state index contributed by atoms with van der Waals surface area (Å²) < 4.78 is 5.71. The van der Waals surface area contributed by atoms with Gasteiger partial charge in [-0.25, -0.2) is 0 Å². The Hall–Kier alpha value is -2.62. The molecule has 0 N–H and O–H groups in total. The second-order valence-electron chi connectivity index (χ2n) is 3.95. The largest absolute Gasteiger partial charge is 0.618 e. The second-order valence-corrected chi connectivity index (χ2v) is 3.95. The van der Waals surface area contributed by atoms with Crippen molar-refractivity contribution in [3.8, 4) is 5.75 Å². The number of hydrogen-bond donors (Lipinski definition) is 0. The molecule has 4 heteroatoms. The Morgan fingerprint density at radius 3 is 2.32 bits per heavy atom. The van der Waals surface area contributed by atoms with E-state index < -0.39 is 0 Å². The molecule has 0 atom stereocenters. The van der Waals surface area contributed by atoms with Crippen molar-refractivity contribution in [1.29, 1.82) is 0 Å². The number of para-hydroxylation sites is 1. The molecule has 0 aliphatic carbocycles. The fourth-order valence-electron chi connectivity index (χ4n) is 1.57. The average Bonchev–Trinajstić information content (AvgIpc) is 2.41. The molecule has 0 fully saturated rings. The number of esters is 1. The van der Waals surface area contributed by atoms with E-state index in [1.54, 1.807) is 48.5 Å². The van der Waals surface area contributed by atoms with Crippen LogP contribution in [-0.4, -0.2) is 16.9 Å². The van der Waals surface area contributed by atoms with Gasteiger partial charge in [0.25, 0.3) is 0 Å². The molecule has 0 unspecified atom stereocenters. The van der Waals surface area contributed by atoms with Gasteiger partial charge in [0.2, 0.25) is 5.69 Å². The van der Waals surface area contributed by atoms with Crippen molar-refractivity contribution in [2.75, 3.05) is 0 Å². The Balaban J connectivity index is 2.17. The zero-order valence-corrected chi connectivity index (χ0v) is 10.4. The molecule has 19 heavy (non-hydrogen) atoms. The van der Waals surface area contributed by atoms with Gasteiger partial charge in [-0.3, -0.25) is 4.79 Å². The summed E-state index contributed by atoms with van der Waals surface area (Å²) >= 11 is 0. The third-order valence-electron chi connectivity index (χ3n) is 2.42. The highest BCUT2D eigenvalue weighted by atomic mass is 16.5. The fourth-order valence-corrected chi connectivity index (χ4v) is 1.57. The fraction of sp³-hybridized carbons (Fsp3) is 0.0667. The van der Waals surface area contributed by atoms with Crippen molar-refractivity contribution in [3.05, 3.63) is 65.4 Å². The standard InChI is InChI=1S/C15H13NO3/c1-12(17)19-15-9-7-13(8-10-15)11-16(18)14-5-3-2-4-6-14/h2-11H,1H3. The first-order valence-electron chi connectivity index (χ1n) is 5.80. The summed E-state index contributed by atoms with van der Waals surface area (Å²) in [6.07, 6.45) is 1.47. The maximum Gasteiger partial charge on any atom is 0.308 e. The van der Waals surface area contributed by atoms with Crippen LogP contribution in [0, 0.1) is 5.21 Å². The molecule has 0 aliphatic heterocycles. The minimum atomic E-state index is -0.369. The van der Waals surface area contributed by atoms with Gasteiger partial charge < -0.3 is 9.94 Å². The SMILES string of the molecule is CC(=O)Oc1ccc(C=[N+]([O-])c2ccccc2)cc1. The van der Waals surface area contributed by atoms with Crippen LogP contribution in [0.3, 0.4) is 0 Å². The molecule has 96 valence electrons. The first-order chi connectivity index (χ1) is 9.15. The monoisotopic (exact) mass is 255 g/mol. The van der Waals surface area contributed by atoms with Crippen LogP contribution in [0.2, 0.25) is 0 Å². The summed E-state index contributed by atoms with van der Waals surface area (Å²) in [6.45, 7) is 1.34. The van der Waals surface area contributed by atoms with Gasteiger partial charge in [0.15, 0.2) is 6.21 Å². The predicted octanol–water partition coefficient (Wildman–Crippen LogP) is 2.87. The highest BCUT2D eigenvalue weighted by Gasteiger charge is 2.01. The maximum atomic E-state index is 11.9. The molecule has 0 radical (unpaired) electrons. The zero-order valence-electron chi connectivity index (χ0n) is 10.4. The van der Waals surface area contributed by atoms with Crippen molar-refractivity contribution in [1.82, 2.24) is 0 Å². The van der Waals surface area contributed by atoms with Gasteiger partial charge in [0.05, 0.1) is 0 Å². The Bertz CT molecular complexity index is 589. The highest BCUT2D eigenvalue weighted by molar-refractivity contribution is 5.77. The predicted molar refractivity (Wildman–Crippen MR) is 72.6 cm³/mol. The smallest absolute Gasteiger partial charge is 0.308 e. The van der Waals surface area contributed by atoms with Gasteiger partial charge in [-0.1, -0.05) is 18.2 Å². The van der Waals surface area contributed by atoms with E-state index >= 15 is 0 Å². The van der Waals surface area contributed by atoms with Gasteiger partial charge in [-0.2, -0.15) is 4.74 Å². The Kier molecular flexibility index (Phi) is 3.93. The molecule has 0 amide bonds. The van der Waals surface area contributed by atoms with Gasteiger partial charge in [-0.05, 0) is 24.3 Å². The van der Waals surface area contributed by atoms with E-state index in [0.29, 0.717) is 11.4 Å². The highest BCUT2D eigenvalue weighted by Crippen LogP contribution is 2.13. The number of carbonyl (C=O) groups excluding carboxylic acids is 1. The zero-order chi connectivity index (χ0) is 13.7. The van der Waals surface area contributed by atoms with Crippen LogP contribution in [0.4, 0.5) is 5.69 Å². The van der Waals surface area contributed by atoms with Gasteiger partial charge >= 0.3 is 5.97 Å². The summed E-state index contributed by atoms with van der Waals surface area (Å²) in [4.78, 5) is 10.8. The number of ether oxygens (including phenoxy) is 1. The number of carbonyl (C=O) groups is 1. The van der Waals surface area contributed by atoms with E-state index in [2.05, 4.69) is 0 Å². The van der Waals surface area contributed by atoms with Crippen molar-refractivity contribution >= 4 is 17.9 Å². The lowest BCUT2D eigenvalue weighted by molar-refractivity contribution is -0.354. The molecule has 0 saturated heterocycles. The van der Waals surface area contributed by atoms with Crippen LogP contribution in [0.25, 0.3) is 0 Å². The van der Waals surface area contributed by atoms with Crippen molar-refractivity contribution in [2.24, 2.45) is 0 Å². The van der Waals surface area contributed by atoms with Crippen LogP contribution in [0.15, 0.2) is 54.6 Å². The van der Waals surface area contributed by atoms with Crippen molar-refractivity contribution < 1.29 is 14.3 Å². The van der Waals surface area contributed by atoms with E-state index in [4.69, 9.17) is 4.74 Å².